The summed E-state index contributed by atoms with van der Waals surface area (Å²) in [4.78, 5) is 7.03. The highest BCUT2D eigenvalue weighted by Crippen LogP contribution is 2.34. The van der Waals surface area contributed by atoms with Crippen molar-refractivity contribution < 1.29 is 4.74 Å². The van der Waals surface area contributed by atoms with Gasteiger partial charge in [-0.3, -0.25) is 4.98 Å². The minimum atomic E-state index is 0.00233. The summed E-state index contributed by atoms with van der Waals surface area (Å²) in [5.41, 5.74) is 9.10. The maximum absolute atomic E-state index is 6.63. The van der Waals surface area contributed by atoms with Gasteiger partial charge < -0.3 is 9.64 Å². The third-order valence-corrected chi connectivity index (χ3v) is 6.32. The summed E-state index contributed by atoms with van der Waals surface area (Å²) in [6, 6.07) is 17.4. The molecule has 0 fully saturated rings. The number of hydrogen-bond acceptors (Lipinski definition) is 3. The van der Waals surface area contributed by atoms with Crippen molar-refractivity contribution in [3.63, 3.8) is 0 Å². The molecule has 1 aliphatic heterocycles. The largest absolute Gasteiger partial charge is 0.486 e. The second-order valence-corrected chi connectivity index (χ2v) is 8.13. The van der Waals surface area contributed by atoms with Gasteiger partial charge in [-0.15, -0.1) is 0 Å². The van der Waals surface area contributed by atoms with Crippen LogP contribution in [-0.4, -0.2) is 11.5 Å². The van der Waals surface area contributed by atoms with Gasteiger partial charge >= 0.3 is 0 Å². The Hall–Kier alpha value is -2.81. The Morgan fingerprint density at radius 1 is 1.00 bits per heavy atom. The van der Waals surface area contributed by atoms with E-state index < -0.39 is 0 Å². The molecule has 1 aromatic heterocycles. The first kappa shape index (κ1) is 20.5. The number of anilines is 1. The van der Waals surface area contributed by atoms with E-state index in [0.29, 0.717) is 0 Å². The van der Waals surface area contributed by atoms with Crippen molar-refractivity contribution in [3.8, 4) is 5.75 Å². The number of benzene rings is 2. The van der Waals surface area contributed by atoms with Crippen molar-refractivity contribution >= 4 is 5.69 Å². The quantitative estimate of drug-likeness (QED) is 0.471. The number of para-hydroxylation sites is 1. The maximum atomic E-state index is 6.63. The molecule has 30 heavy (non-hydrogen) atoms. The van der Waals surface area contributed by atoms with E-state index in [2.05, 4.69) is 80.0 Å². The summed E-state index contributed by atoms with van der Waals surface area (Å²) in [5, 5.41) is 0. The highest BCUT2D eigenvalue weighted by atomic mass is 16.5. The van der Waals surface area contributed by atoms with Gasteiger partial charge in [-0.05, 0) is 67.5 Å². The second kappa shape index (κ2) is 8.91. The molecular formula is C27H32N2O. The molecule has 1 aliphatic rings. The van der Waals surface area contributed by atoms with E-state index in [1.54, 1.807) is 0 Å². The molecule has 0 saturated heterocycles. The average Bonchev–Trinajstić information content (AvgIpc) is 3.18. The first-order valence-corrected chi connectivity index (χ1v) is 11.2. The van der Waals surface area contributed by atoms with Crippen LogP contribution in [-0.2, 0) is 25.8 Å². The zero-order chi connectivity index (χ0) is 21.1. The Balaban J connectivity index is 1.63. The minimum Gasteiger partial charge on any atom is -0.486 e. The molecular weight excluding hydrogens is 368 g/mol. The van der Waals surface area contributed by atoms with Crippen LogP contribution in [0.2, 0.25) is 0 Å². The molecule has 0 saturated carbocycles. The van der Waals surface area contributed by atoms with Crippen molar-refractivity contribution in [2.75, 3.05) is 11.4 Å². The number of ether oxygens (including phenoxy) is 1. The van der Waals surface area contributed by atoms with E-state index in [0.717, 1.165) is 43.8 Å². The minimum absolute atomic E-state index is 0.00233. The van der Waals surface area contributed by atoms with E-state index in [9.17, 15) is 0 Å². The van der Waals surface area contributed by atoms with Crippen molar-refractivity contribution in [2.45, 2.75) is 59.6 Å². The third kappa shape index (κ3) is 3.94. The maximum Gasteiger partial charge on any atom is 0.128 e. The molecule has 4 rings (SSSR count). The fourth-order valence-corrected chi connectivity index (χ4v) is 4.69. The van der Waals surface area contributed by atoms with Gasteiger partial charge in [-0.1, -0.05) is 50.2 Å². The highest BCUT2D eigenvalue weighted by Gasteiger charge is 2.22. The number of fused-ring (bicyclic) bond motifs is 1. The van der Waals surface area contributed by atoms with E-state index in [1.165, 1.54) is 33.5 Å². The number of aryl methyl sites for hydroxylation is 3. The van der Waals surface area contributed by atoms with Crippen LogP contribution in [0.1, 0.15) is 60.4 Å². The lowest BCUT2D eigenvalue weighted by Crippen LogP contribution is -2.21. The molecule has 0 amide bonds. The van der Waals surface area contributed by atoms with Crippen LogP contribution in [0.15, 0.2) is 54.7 Å². The summed E-state index contributed by atoms with van der Waals surface area (Å²) in [6.07, 6.45) is 5.01. The second-order valence-electron chi connectivity index (χ2n) is 8.13. The monoisotopic (exact) mass is 400 g/mol. The Kier molecular flexibility index (Phi) is 6.08. The average molecular weight is 401 g/mol. The van der Waals surface area contributed by atoms with Crippen LogP contribution >= 0.6 is 0 Å². The lowest BCUT2D eigenvalue weighted by Gasteiger charge is -2.25. The van der Waals surface area contributed by atoms with Crippen LogP contribution < -0.4 is 9.64 Å². The Morgan fingerprint density at radius 3 is 2.47 bits per heavy atom. The zero-order valence-electron chi connectivity index (χ0n) is 18.6. The van der Waals surface area contributed by atoms with Gasteiger partial charge in [0.1, 0.15) is 11.9 Å². The summed E-state index contributed by atoms with van der Waals surface area (Å²) < 4.78 is 6.63. The molecule has 2 aromatic carbocycles. The molecule has 1 atom stereocenters. The van der Waals surface area contributed by atoms with E-state index >= 15 is 0 Å². The van der Waals surface area contributed by atoms with Gasteiger partial charge in [0.2, 0.25) is 0 Å². The van der Waals surface area contributed by atoms with Crippen LogP contribution in [0.4, 0.5) is 5.69 Å². The van der Waals surface area contributed by atoms with Gasteiger partial charge in [-0.25, -0.2) is 0 Å². The smallest absolute Gasteiger partial charge is 0.128 e. The van der Waals surface area contributed by atoms with Crippen molar-refractivity contribution in [1.29, 1.82) is 0 Å². The standard InChI is InChI=1S/C27H32N2O/c1-5-21-11-9-12-22(6-2)27(21)20(4)30-26-14-16-28-19(3)24(26)18-29-17-15-23-10-7-8-13-25(23)29/h7-14,16,20H,5-6,15,17-18H2,1-4H3. The van der Waals surface area contributed by atoms with E-state index in [1.807, 2.05) is 12.3 Å². The molecule has 3 nitrogen and oxygen atoms in total. The van der Waals surface area contributed by atoms with E-state index in [4.69, 9.17) is 4.74 Å². The van der Waals surface area contributed by atoms with Crippen molar-refractivity contribution in [1.82, 2.24) is 4.98 Å². The van der Waals surface area contributed by atoms with Crippen molar-refractivity contribution in [3.05, 3.63) is 88.2 Å². The molecule has 2 heterocycles. The molecule has 0 spiro atoms. The topological polar surface area (TPSA) is 25.4 Å². The molecule has 0 aliphatic carbocycles. The number of hydrogen-bond donors (Lipinski definition) is 0. The first-order valence-electron chi connectivity index (χ1n) is 11.2. The van der Waals surface area contributed by atoms with Crippen LogP contribution in [0.5, 0.6) is 5.75 Å². The van der Waals surface area contributed by atoms with Gasteiger partial charge in [0, 0.05) is 36.2 Å². The number of rotatable bonds is 7. The summed E-state index contributed by atoms with van der Waals surface area (Å²) in [6.45, 7) is 10.6. The molecule has 3 aromatic rings. The van der Waals surface area contributed by atoms with Gasteiger partial charge in [0.15, 0.2) is 0 Å². The van der Waals surface area contributed by atoms with E-state index in [-0.39, 0.29) is 6.10 Å². The Labute approximate surface area is 180 Å². The summed E-state index contributed by atoms with van der Waals surface area (Å²) >= 11 is 0. The number of nitrogens with zero attached hydrogens (tertiary/aromatic N) is 2. The third-order valence-electron chi connectivity index (χ3n) is 6.32. The lowest BCUT2D eigenvalue weighted by molar-refractivity contribution is 0.222. The molecule has 3 heteroatoms. The number of aromatic nitrogens is 1. The normalized spacial score (nSPS) is 13.9. The fraction of sp³-hybridized carbons (Fsp3) is 0.370. The Morgan fingerprint density at radius 2 is 1.73 bits per heavy atom. The van der Waals surface area contributed by atoms with Crippen LogP contribution in [0, 0.1) is 6.92 Å². The van der Waals surface area contributed by atoms with Crippen LogP contribution in [0.3, 0.4) is 0 Å². The molecule has 0 bridgehead atoms. The van der Waals surface area contributed by atoms with Gasteiger partial charge in [-0.2, -0.15) is 0 Å². The SMILES string of the molecule is CCc1cccc(CC)c1C(C)Oc1ccnc(C)c1CN1CCc2ccccc21. The zero-order valence-corrected chi connectivity index (χ0v) is 18.6. The van der Waals surface area contributed by atoms with Gasteiger partial charge in [0.25, 0.3) is 0 Å². The Bertz CT molecular complexity index is 1000. The summed E-state index contributed by atoms with van der Waals surface area (Å²) in [7, 11) is 0. The fourth-order valence-electron chi connectivity index (χ4n) is 4.69. The highest BCUT2D eigenvalue weighted by molar-refractivity contribution is 5.58. The molecule has 1 unspecified atom stereocenters. The van der Waals surface area contributed by atoms with Gasteiger partial charge in [0.05, 0.1) is 0 Å². The van der Waals surface area contributed by atoms with Crippen molar-refractivity contribution in [2.24, 2.45) is 0 Å². The molecule has 0 radical (unpaired) electrons. The van der Waals surface area contributed by atoms with Crippen LogP contribution in [0.25, 0.3) is 0 Å². The lowest BCUT2D eigenvalue weighted by atomic mass is 9.94. The first-order chi connectivity index (χ1) is 14.6. The summed E-state index contributed by atoms with van der Waals surface area (Å²) in [5.74, 6) is 0.951. The number of pyridine rings is 1. The predicted molar refractivity (Wildman–Crippen MR) is 124 cm³/mol. The predicted octanol–water partition coefficient (Wildman–Crippen LogP) is 6.22. The molecule has 156 valence electrons. The molecule has 0 N–H and O–H groups in total.